The third-order valence-corrected chi connectivity index (χ3v) is 5.40. The van der Waals surface area contributed by atoms with E-state index in [0.717, 1.165) is 38.0 Å². The highest BCUT2D eigenvalue weighted by atomic mass is 19.1. The Balaban J connectivity index is 1.56. The van der Waals surface area contributed by atoms with E-state index in [2.05, 4.69) is 4.90 Å². The van der Waals surface area contributed by atoms with E-state index in [1.807, 2.05) is 30.3 Å². The smallest absolute Gasteiger partial charge is 0.415 e. The van der Waals surface area contributed by atoms with Gasteiger partial charge in [0.1, 0.15) is 11.9 Å². The van der Waals surface area contributed by atoms with Crippen molar-refractivity contribution in [2.24, 2.45) is 5.92 Å². The molecular formula is C21H23FN2O2. The van der Waals surface area contributed by atoms with Crippen LogP contribution in [0.3, 0.4) is 0 Å². The number of carbonyl (C=O) groups excluding carboxylic acids is 1. The van der Waals surface area contributed by atoms with Crippen molar-refractivity contribution in [1.29, 1.82) is 0 Å². The summed E-state index contributed by atoms with van der Waals surface area (Å²) in [5.41, 5.74) is 1.18. The van der Waals surface area contributed by atoms with E-state index < -0.39 is 11.9 Å². The van der Waals surface area contributed by atoms with Gasteiger partial charge < -0.3 is 4.74 Å². The summed E-state index contributed by atoms with van der Waals surface area (Å²) in [5, 5.41) is 0. The summed E-state index contributed by atoms with van der Waals surface area (Å²) in [4.78, 5) is 16.7. The topological polar surface area (TPSA) is 32.8 Å². The van der Waals surface area contributed by atoms with Crippen LogP contribution in [0.5, 0.6) is 0 Å². The second kappa shape index (κ2) is 7.46. The molecule has 0 spiro atoms. The summed E-state index contributed by atoms with van der Waals surface area (Å²) in [6.07, 6.45) is 1.56. The van der Waals surface area contributed by atoms with Crippen LogP contribution in [0.4, 0.5) is 14.9 Å². The van der Waals surface area contributed by atoms with E-state index in [-0.39, 0.29) is 18.3 Å². The number of benzene rings is 2. The first-order valence-corrected chi connectivity index (χ1v) is 9.19. The molecule has 0 saturated carbocycles. The summed E-state index contributed by atoms with van der Waals surface area (Å²) in [5.74, 6) is -0.00237. The number of ether oxygens (including phenoxy) is 1. The van der Waals surface area contributed by atoms with Crippen LogP contribution in [-0.4, -0.2) is 36.7 Å². The van der Waals surface area contributed by atoms with Crippen LogP contribution < -0.4 is 4.90 Å². The van der Waals surface area contributed by atoms with Crippen LogP contribution in [0.15, 0.2) is 54.6 Å². The van der Waals surface area contributed by atoms with E-state index >= 15 is 0 Å². The van der Waals surface area contributed by atoms with Gasteiger partial charge >= 0.3 is 6.09 Å². The Morgan fingerprint density at radius 3 is 2.42 bits per heavy atom. The number of rotatable bonds is 4. The molecule has 3 aliphatic heterocycles. The van der Waals surface area contributed by atoms with Crippen LogP contribution in [0.2, 0.25) is 0 Å². The highest BCUT2D eigenvalue weighted by Crippen LogP contribution is 2.31. The second-order valence-electron chi connectivity index (χ2n) is 7.08. The molecular weight excluding hydrogens is 331 g/mol. The van der Waals surface area contributed by atoms with Gasteiger partial charge in [0, 0.05) is 6.54 Å². The number of anilines is 1. The van der Waals surface area contributed by atoms with Crippen LogP contribution >= 0.6 is 0 Å². The average Bonchev–Trinajstić information content (AvgIpc) is 2.68. The molecule has 136 valence electrons. The molecule has 1 unspecified atom stereocenters. The number of nitrogens with zero attached hydrogens (tertiary/aromatic N) is 2. The van der Waals surface area contributed by atoms with E-state index in [0.29, 0.717) is 5.92 Å². The Bertz CT molecular complexity index is 760. The first-order valence-electron chi connectivity index (χ1n) is 9.19. The minimum Gasteiger partial charge on any atom is -0.444 e. The zero-order chi connectivity index (χ0) is 17.9. The number of carbonyl (C=O) groups is 1. The van der Waals surface area contributed by atoms with Crippen molar-refractivity contribution >= 4 is 11.8 Å². The molecule has 0 aliphatic carbocycles. The minimum absolute atomic E-state index is 0.102. The molecule has 5 heteroatoms. The molecule has 3 heterocycles. The van der Waals surface area contributed by atoms with Crippen LogP contribution in [0.1, 0.15) is 18.4 Å². The van der Waals surface area contributed by atoms with E-state index in [1.165, 1.54) is 11.0 Å². The monoisotopic (exact) mass is 354 g/mol. The van der Waals surface area contributed by atoms with Gasteiger partial charge in [-0.05, 0) is 49.5 Å². The molecule has 0 N–H and O–H groups in total. The summed E-state index contributed by atoms with van der Waals surface area (Å²) < 4.78 is 20.2. The lowest BCUT2D eigenvalue weighted by Crippen LogP contribution is -2.53. The van der Waals surface area contributed by atoms with E-state index in [4.69, 9.17) is 4.74 Å². The van der Waals surface area contributed by atoms with Gasteiger partial charge in [-0.15, -0.1) is 0 Å². The normalized spacial score (nSPS) is 24.3. The molecule has 2 bridgehead atoms. The number of piperidine rings is 3. The Morgan fingerprint density at radius 2 is 1.77 bits per heavy atom. The van der Waals surface area contributed by atoms with Crippen molar-refractivity contribution in [3.8, 4) is 0 Å². The van der Waals surface area contributed by atoms with Crippen molar-refractivity contribution in [2.75, 3.05) is 24.5 Å². The average molecular weight is 354 g/mol. The van der Waals surface area contributed by atoms with Crippen molar-refractivity contribution in [2.45, 2.75) is 25.5 Å². The Labute approximate surface area is 153 Å². The number of hydrogen-bond donors (Lipinski definition) is 0. The predicted molar refractivity (Wildman–Crippen MR) is 98.5 cm³/mol. The lowest BCUT2D eigenvalue weighted by atomic mass is 9.86. The third kappa shape index (κ3) is 3.58. The molecule has 26 heavy (non-hydrogen) atoms. The fourth-order valence-electron chi connectivity index (χ4n) is 3.92. The van der Waals surface area contributed by atoms with Gasteiger partial charge in [0.05, 0.1) is 12.2 Å². The fourth-order valence-corrected chi connectivity index (χ4v) is 3.92. The third-order valence-electron chi connectivity index (χ3n) is 5.40. The molecule has 5 rings (SSSR count). The summed E-state index contributed by atoms with van der Waals surface area (Å²) in [7, 11) is 0. The number of hydrogen-bond acceptors (Lipinski definition) is 3. The van der Waals surface area contributed by atoms with Crippen molar-refractivity contribution in [1.82, 2.24) is 4.90 Å². The van der Waals surface area contributed by atoms with Crippen LogP contribution in [-0.2, 0) is 11.3 Å². The van der Waals surface area contributed by atoms with Gasteiger partial charge in [-0.3, -0.25) is 9.80 Å². The minimum atomic E-state index is -0.474. The molecule has 3 fully saturated rings. The van der Waals surface area contributed by atoms with Gasteiger partial charge in [-0.1, -0.05) is 42.5 Å². The lowest BCUT2D eigenvalue weighted by molar-refractivity contribution is -0.0311. The molecule has 1 atom stereocenters. The van der Waals surface area contributed by atoms with Gasteiger partial charge in [0.15, 0.2) is 0 Å². The molecule has 0 radical (unpaired) electrons. The number of para-hydroxylation sites is 1. The molecule has 2 aromatic rings. The maximum atomic E-state index is 14.4. The number of amides is 1. The zero-order valence-electron chi connectivity index (χ0n) is 14.7. The summed E-state index contributed by atoms with van der Waals surface area (Å²) in [6.45, 7) is 3.23. The van der Waals surface area contributed by atoms with Gasteiger partial charge in [-0.25, -0.2) is 9.18 Å². The largest absolute Gasteiger partial charge is 0.444 e. The molecule has 0 aromatic heterocycles. The van der Waals surface area contributed by atoms with Gasteiger partial charge in [0.2, 0.25) is 0 Å². The Hall–Kier alpha value is -2.40. The molecule has 3 aliphatic rings. The van der Waals surface area contributed by atoms with Gasteiger partial charge in [0.25, 0.3) is 0 Å². The predicted octanol–water partition coefficient (Wildman–Crippen LogP) is 4.06. The zero-order valence-corrected chi connectivity index (χ0v) is 14.7. The van der Waals surface area contributed by atoms with E-state index in [9.17, 15) is 9.18 Å². The van der Waals surface area contributed by atoms with Crippen LogP contribution in [0.25, 0.3) is 0 Å². The first-order chi connectivity index (χ1) is 12.7. The highest BCUT2D eigenvalue weighted by Gasteiger charge is 2.37. The first kappa shape index (κ1) is 17.0. The molecule has 1 amide bonds. The molecule has 4 nitrogen and oxygen atoms in total. The summed E-state index contributed by atoms with van der Waals surface area (Å²) in [6, 6.07) is 15.9. The SMILES string of the molecule is O=C(OC1CN2CCC1CC2)N(Cc1ccccc1)c1ccccc1F. The second-order valence-corrected chi connectivity index (χ2v) is 7.08. The Morgan fingerprint density at radius 1 is 1.08 bits per heavy atom. The van der Waals surface area contributed by atoms with Crippen molar-refractivity contribution in [3.05, 3.63) is 66.0 Å². The molecule has 3 saturated heterocycles. The maximum Gasteiger partial charge on any atom is 0.415 e. The highest BCUT2D eigenvalue weighted by molar-refractivity contribution is 5.87. The molecule has 2 aromatic carbocycles. The van der Waals surface area contributed by atoms with Crippen molar-refractivity contribution in [3.63, 3.8) is 0 Å². The number of halogens is 1. The fraction of sp³-hybridized carbons (Fsp3) is 0.381. The summed E-state index contributed by atoms with van der Waals surface area (Å²) >= 11 is 0. The Kier molecular flexibility index (Phi) is 4.89. The lowest BCUT2D eigenvalue weighted by Gasteiger charge is -2.44. The standard InChI is InChI=1S/C21H23FN2O2/c22-18-8-4-5-9-19(18)24(14-16-6-2-1-3-7-16)21(25)26-20-15-23-12-10-17(20)11-13-23/h1-9,17,20H,10-15H2. The number of fused-ring (bicyclic) bond motifs is 3. The van der Waals surface area contributed by atoms with E-state index in [1.54, 1.807) is 18.2 Å². The maximum absolute atomic E-state index is 14.4. The quantitative estimate of drug-likeness (QED) is 0.830. The van der Waals surface area contributed by atoms with Crippen LogP contribution in [0, 0.1) is 11.7 Å². The van der Waals surface area contributed by atoms with Gasteiger partial charge in [-0.2, -0.15) is 0 Å². The van der Waals surface area contributed by atoms with Crippen molar-refractivity contribution < 1.29 is 13.9 Å².